The third-order valence-electron chi connectivity index (χ3n) is 4.88. The SMILES string of the molecule is COc1c(/C=C/c2ccc(NS(C)(=O)=O)cc2)cc(-c2cnc(Cl)[nH]c2=O)cc1C(C)(C)C. The summed E-state index contributed by atoms with van der Waals surface area (Å²) in [5, 5.41) is 0.0298. The lowest BCUT2D eigenvalue weighted by Gasteiger charge is -2.24. The average molecular weight is 488 g/mol. The Morgan fingerprint density at radius 2 is 1.79 bits per heavy atom. The summed E-state index contributed by atoms with van der Waals surface area (Å²) in [7, 11) is -1.72. The van der Waals surface area contributed by atoms with Gasteiger partial charge in [-0.3, -0.25) is 14.5 Å². The Morgan fingerprint density at radius 3 is 2.33 bits per heavy atom. The number of aromatic amines is 1. The van der Waals surface area contributed by atoms with Gasteiger partial charge >= 0.3 is 0 Å². The molecule has 1 heterocycles. The Hall–Kier alpha value is -3.10. The molecule has 33 heavy (non-hydrogen) atoms. The molecule has 0 amide bonds. The molecule has 174 valence electrons. The van der Waals surface area contributed by atoms with E-state index in [1.165, 1.54) is 6.20 Å². The highest BCUT2D eigenvalue weighted by molar-refractivity contribution is 7.92. The van der Waals surface area contributed by atoms with E-state index in [0.717, 1.165) is 22.9 Å². The minimum atomic E-state index is -3.34. The van der Waals surface area contributed by atoms with Crippen LogP contribution in [-0.4, -0.2) is 31.8 Å². The number of hydrogen-bond donors (Lipinski definition) is 2. The van der Waals surface area contributed by atoms with E-state index in [1.54, 1.807) is 31.4 Å². The fraction of sp³-hybridized carbons (Fsp3) is 0.250. The summed E-state index contributed by atoms with van der Waals surface area (Å²) in [4.78, 5) is 19.0. The molecule has 0 spiro atoms. The van der Waals surface area contributed by atoms with Crippen LogP contribution < -0.4 is 15.0 Å². The topological polar surface area (TPSA) is 101 Å². The summed E-state index contributed by atoms with van der Waals surface area (Å²) >= 11 is 5.82. The monoisotopic (exact) mass is 487 g/mol. The number of nitrogens with zero attached hydrogens (tertiary/aromatic N) is 1. The summed E-state index contributed by atoms with van der Waals surface area (Å²) in [6, 6.07) is 10.8. The average Bonchev–Trinajstić information content (AvgIpc) is 2.71. The van der Waals surface area contributed by atoms with Gasteiger partial charge in [-0.15, -0.1) is 0 Å². The Bertz CT molecular complexity index is 1360. The molecule has 3 aromatic rings. The molecule has 2 N–H and O–H groups in total. The highest BCUT2D eigenvalue weighted by atomic mass is 35.5. The first kappa shape index (κ1) is 24.5. The van der Waals surface area contributed by atoms with Gasteiger partial charge in [0.1, 0.15) is 5.75 Å². The van der Waals surface area contributed by atoms with Crippen LogP contribution in [0.5, 0.6) is 5.75 Å². The van der Waals surface area contributed by atoms with Gasteiger partial charge in [0.25, 0.3) is 5.56 Å². The van der Waals surface area contributed by atoms with E-state index in [9.17, 15) is 13.2 Å². The van der Waals surface area contributed by atoms with Crippen molar-refractivity contribution in [2.45, 2.75) is 26.2 Å². The molecule has 2 aromatic carbocycles. The number of aromatic nitrogens is 2. The highest BCUT2D eigenvalue weighted by Crippen LogP contribution is 2.38. The van der Waals surface area contributed by atoms with Crippen molar-refractivity contribution >= 4 is 39.5 Å². The quantitative estimate of drug-likeness (QED) is 0.379. The van der Waals surface area contributed by atoms with Gasteiger partial charge in [0.15, 0.2) is 0 Å². The zero-order valence-electron chi connectivity index (χ0n) is 19.1. The van der Waals surface area contributed by atoms with E-state index in [1.807, 2.05) is 24.3 Å². The first-order valence-electron chi connectivity index (χ1n) is 10.1. The normalized spacial score (nSPS) is 12.2. The molecule has 0 bridgehead atoms. The fourth-order valence-corrected chi connectivity index (χ4v) is 4.06. The number of benzene rings is 2. The van der Waals surface area contributed by atoms with Crippen LogP contribution in [-0.2, 0) is 15.4 Å². The lowest BCUT2D eigenvalue weighted by molar-refractivity contribution is 0.397. The predicted molar refractivity (Wildman–Crippen MR) is 134 cm³/mol. The minimum Gasteiger partial charge on any atom is -0.496 e. The lowest BCUT2D eigenvalue weighted by atomic mass is 9.83. The van der Waals surface area contributed by atoms with E-state index in [4.69, 9.17) is 16.3 Å². The van der Waals surface area contributed by atoms with Gasteiger partial charge in [-0.2, -0.15) is 0 Å². The number of rotatable bonds is 6. The van der Waals surface area contributed by atoms with Gasteiger partial charge in [0, 0.05) is 23.0 Å². The van der Waals surface area contributed by atoms with E-state index in [2.05, 4.69) is 35.5 Å². The van der Waals surface area contributed by atoms with E-state index < -0.39 is 10.0 Å². The number of sulfonamides is 1. The van der Waals surface area contributed by atoms with Crippen molar-refractivity contribution in [1.29, 1.82) is 0 Å². The lowest BCUT2D eigenvalue weighted by Crippen LogP contribution is -2.15. The van der Waals surface area contributed by atoms with Crippen molar-refractivity contribution in [2.24, 2.45) is 0 Å². The van der Waals surface area contributed by atoms with Gasteiger partial charge in [0.05, 0.1) is 18.9 Å². The predicted octanol–water partition coefficient (Wildman–Crippen LogP) is 4.94. The fourth-order valence-electron chi connectivity index (χ4n) is 3.36. The molecule has 1 aromatic heterocycles. The second-order valence-corrected chi connectivity index (χ2v) is 10.7. The van der Waals surface area contributed by atoms with E-state index in [-0.39, 0.29) is 16.3 Å². The summed E-state index contributed by atoms with van der Waals surface area (Å²) in [6.07, 6.45) is 6.35. The molecule has 0 atom stereocenters. The molecule has 0 radical (unpaired) electrons. The van der Waals surface area contributed by atoms with Crippen LogP contribution >= 0.6 is 11.6 Å². The number of anilines is 1. The van der Waals surface area contributed by atoms with Crippen LogP contribution in [0.2, 0.25) is 5.28 Å². The van der Waals surface area contributed by atoms with Crippen LogP contribution in [0.4, 0.5) is 5.69 Å². The second-order valence-electron chi connectivity index (χ2n) is 8.64. The van der Waals surface area contributed by atoms with Gasteiger partial charge in [-0.05, 0) is 52.4 Å². The molecule has 0 saturated carbocycles. The molecular weight excluding hydrogens is 462 g/mol. The van der Waals surface area contributed by atoms with Crippen LogP contribution in [0.1, 0.15) is 37.5 Å². The Labute approximate surface area is 198 Å². The van der Waals surface area contributed by atoms with Crippen LogP contribution in [0.3, 0.4) is 0 Å². The summed E-state index contributed by atoms with van der Waals surface area (Å²) in [6.45, 7) is 6.21. The van der Waals surface area contributed by atoms with Crippen molar-refractivity contribution in [3.8, 4) is 16.9 Å². The van der Waals surface area contributed by atoms with Crippen LogP contribution in [0.25, 0.3) is 23.3 Å². The van der Waals surface area contributed by atoms with Crippen molar-refractivity contribution < 1.29 is 13.2 Å². The molecular formula is C24H26ClN3O4S. The molecule has 9 heteroatoms. The molecule has 0 fully saturated rings. The van der Waals surface area contributed by atoms with Gasteiger partial charge < -0.3 is 4.74 Å². The van der Waals surface area contributed by atoms with Crippen LogP contribution in [0, 0.1) is 0 Å². The molecule has 7 nitrogen and oxygen atoms in total. The highest BCUT2D eigenvalue weighted by Gasteiger charge is 2.23. The van der Waals surface area contributed by atoms with Crippen molar-refractivity contribution in [1.82, 2.24) is 9.97 Å². The van der Waals surface area contributed by atoms with Gasteiger partial charge in [0.2, 0.25) is 15.3 Å². The second kappa shape index (κ2) is 9.41. The maximum absolute atomic E-state index is 12.5. The van der Waals surface area contributed by atoms with Crippen LogP contribution in [0.15, 0.2) is 47.4 Å². The number of nitrogens with one attached hydrogen (secondary N) is 2. The van der Waals surface area contributed by atoms with Crippen molar-refractivity contribution in [3.05, 3.63) is 74.9 Å². The maximum Gasteiger partial charge on any atom is 0.259 e. The smallest absolute Gasteiger partial charge is 0.259 e. The Balaban J connectivity index is 2.09. The van der Waals surface area contributed by atoms with Crippen molar-refractivity contribution in [3.63, 3.8) is 0 Å². The number of ether oxygens (including phenoxy) is 1. The Kier molecular flexibility index (Phi) is 7.00. The number of halogens is 1. The standard InChI is InChI=1S/C24H26ClN3O4S/c1-24(2,3)20-13-17(19-14-26-23(25)27-22(19)29)12-16(21(20)32-4)9-6-15-7-10-18(11-8-15)28-33(5,30)31/h6-14,28H,1-5H3,(H,26,27,29)/b9-6+. The zero-order chi connectivity index (χ0) is 24.4. The van der Waals surface area contributed by atoms with E-state index >= 15 is 0 Å². The number of methoxy groups -OCH3 is 1. The number of hydrogen-bond acceptors (Lipinski definition) is 5. The maximum atomic E-state index is 12.5. The molecule has 0 aliphatic heterocycles. The molecule has 0 aliphatic carbocycles. The summed E-state index contributed by atoms with van der Waals surface area (Å²) < 4.78 is 31.0. The molecule has 3 rings (SSSR count). The third-order valence-corrected chi connectivity index (χ3v) is 5.68. The Morgan fingerprint density at radius 1 is 1.12 bits per heavy atom. The first-order valence-corrected chi connectivity index (χ1v) is 12.4. The molecule has 0 unspecified atom stereocenters. The number of H-pyrrole nitrogens is 1. The zero-order valence-corrected chi connectivity index (χ0v) is 20.6. The van der Waals surface area contributed by atoms with E-state index in [0.29, 0.717) is 22.6 Å². The molecule has 0 aliphatic rings. The molecule has 0 saturated heterocycles. The summed E-state index contributed by atoms with van der Waals surface area (Å²) in [5.41, 5.74) is 3.58. The largest absolute Gasteiger partial charge is 0.496 e. The first-order chi connectivity index (χ1) is 15.4. The minimum absolute atomic E-state index is 0.0298. The van der Waals surface area contributed by atoms with Gasteiger partial charge in [-0.1, -0.05) is 45.1 Å². The van der Waals surface area contributed by atoms with Gasteiger partial charge in [-0.25, -0.2) is 13.4 Å². The van der Waals surface area contributed by atoms with Crippen molar-refractivity contribution in [2.75, 3.05) is 18.1 Å². The third kappa shape index (κ3) is 6.24. The summed E-state index contributed by atoms with van der Waals surface area (Å²) in [5.74, 6) is 0.705.